The van der Waals surface area contributed by atoms with Crippen molar-refractivity contribution in [3.8, 4) is 0 Å². The lowest BCUT2D eigenvalue weighted by atomic mass is 9.91. The Kier molecular flexibility index (Phi) is 3.22. The molecule has 1 unspecified atom stereocenters. The summed E-state index contributed by atoms with van der Waals surface area (Å²) in [4.78, 5) is 0. The Balaban J connectivity index is 1.91. The summed E-state index contributed by atoms with van der Waals surface area (Å²) < 4.78 is 13.5. The van der Waals surface area contributed by atoms with Gasteiger partial charge in [0.25, 0.3) is 0 Å². The molecule has 3 N–H and O–H groups in total. The van der Waals surface area contributed by atoms with Gasteiger partial charge in [0.1, 0.15) is 5.82 Å². The maximum absolute atomic E-state index is 13.5. The highest BCUT2D eigenvalue weighted by atomic mass is 19.1. The van der Waals surface area contributed by atoms with Crippen LogP contribution in [0.4, 0.5) is 4.39 Å². The van der Waals surface area contributed by atoms with Crippen LogP contribution in [0.1, 0.15) is 17.5 Å². The minimum absolute atomic E-state index is 0.226. The van der Waals surface area contributed by atoms with Crippen LogP contribution < -0.4 is 11.2 Å². The van der Waals surface area contributed by atoms with E-state index >= 15 is 0 Å². The molecule has 1 saturated heterocycles. The SMILES string of the molecule is CN1CC2=CC(c3ccc(F)c(CN)c3)=CCC2N1. The Morgan fingerprint density at radius 1 is 1.47 bits per heavy atom. The highest BCUT2D eigenvalue weighted by Gasteiger charge is 2.26. The average molecular weight is 259 g/mol. The van der Waals surface area contributed by atoms with Crippen LogP contribution in [-0.4, -0.2) is 24.6 Å². The first kappa shape index (κ1) is 12.5. The molecule has 1 fully saturated rings. The standard InChI is InChI=1S/C15H18FN3/c1-19-9-13-7-11(3-5-15(13)18-19)10-2-4-14(16)12(6-10)8-17/h2-4,6-7,15,18H,5,8-9,17H2,1H3. The summed E-state index contributed by atoms with van der Waals surface area (Å²) in [5.74, 6) is -0.226. The molecule has 1 aliphatic carbocycles. The maximum atomic E-state index is 13.5. The van der Waals surface area contributed by atoms with Gasteiger partial charge < -0.3 is 5.73 Å². The van der Waals surface area contributed by atoms with Crippen molar-refractivity contribution in [1.29, 1.82) is 0 Å². The molecule has 100 valence electrons. The molecule has 0 spiro atoms. The number of halogens is 1. The van der Waals surface area contributed by atoms with Crippen molar-refractivity contribution in [3.05, 3.63) is 52.9 Å². The summed E-state index contributed by atoms with van der Waals surface area (Å²) in [6.45, 7) is 1.17. The maximum Gasteiger partial charge on any atom is 0.127 e. The molecular formula is C15H18FN3. The fourth-order valence-electron chi connectivity index (χ4n) is 2.74. The number of likely N-dealkylation sites (N-methyl/N-ethyl adjacent to an activating group) is 1. The third-order valence-electron chi connectivity index (χ3n) is 3.76. The molecule has 3 nitrogen and oxygen atoms in total. The van der Waals surface area contributed by atoms with E-state index < -0.39 is 0 Å². The van der Waals surface area contributed by atoms with Gasteiger partial charge in [-0.3, -0.25) is 0 Å². The van der Waals surface area contributed by atoms with Crippen LogP contribution in [0, 0.1) is 5.82 Å². The second-order valence-corrected chi connectivity index (χ2v) is 5.16. The van der Waals surface area contributed by atoms with Crippen molar-refractivity contribution in [2.24, 2.45) is 5.73 Å². The van der Waals surface area contributed by atoms with Gasteiger partial charge in [-0.2, -0.15) is 0 Å². The first-order valence-electron chi connectivity index (χ1n) is 6.54. The number of hydrogen-bond acceptors (Lipinski definition) is 3. The normalized spacial score (nSPS) is 23.0. The molecule has 1 heterocycles. The molecule has 4 heteroatoms. The van der Waals surface area contributed by atoms with E-state index in [1.165, 1.54) is 11.6 Å². The molecular weight excluding hydrogens is 241 g/mol. The average Bonchev–Trinajstić information content (AvgIpc) is 2.78. The lowest BCUT2D eigenvalue weighted by molar-refractivity contribution is 0.292. The van der Waals surface area contributed by atoms with E-state index in [2.05, 4.69) is 22.6 Å². The first-order chi connectivity index (χ1) is 9.17. The zero-order chi connectivity index (χ0) is 13.4. The van der Waals surface area contributed by atoms with Crippen molar-refractivity contribution in [1.82, 2.24) is 10.4 Å². The lowest BCUT2D eigenvalue weighted by Crippen LogP contribution is -2.32. The van der Waals surface area contributed by atoms with Crippen LogP contribution in [0.2, 0.25) is 0 Å². The minimum atomic E-state index is -0.226. The number of rotatable bonds is 2. The van der Waals surface area contributed by atoms with Crippen LogP contribution >= 0.6 is 0 Å². The van der Waals surface area contributed by atoms with Gasteiger partial charge in [-0.1, -0.05) is 18.2 Å². The Morgan fingerprint density at radius 2 is 2.32 bits per heavy atom. The van der Waals surface area contributed by atoms with Crippen molar-refractivity contribution in [2.45, 2.75) is 19.0 Å². The Morgan fingerprint density at radius 3 is 3.11 bits per heavy atom. The second kappa shape index (κ2) is 4.89. The summed E-state index contributed by atoms with van der Waals surface area (Å²) in [5.41, 5.74) is 13.1. The Hall–Kier alpha value is -1.49. The van der Waals surface area contributed by atoms with E-state index in [4.69, 9.17) is 5.73 Å². The van der Waals surface area contributed by atoms with Crippen LogP contribution in [0.5, 0.6) is 0 Å². The highest BCUT2D eigenvalue weighted by molar-refractivity contribution is 5.76. The molecule has 0 bridgehead atoms. The smallest absolute Gasteiger partial charge is 0.127 e. The van der Waals surface area contributed by atoms with Gasteiger partial charge in [0.05, 0.1) is 0 Å². The molecule has 19 heavy (non-hydrogen) atoms. The molecule has 1 aromatic rings. The van der Waals surface area contributed by atoms with Gasteiger partial charge >= 0.3 is 0 Å². The van der Waals surface area contributed by atoms with Crippen molar-refractivity contribution < 1.29 is 4.39 Å². The molecule has 0 aromatic heterocycles. The van der Waals surface area contributed by atoms with E-state index in [-0.39, 0.29) is 12.4 Å². The summed E-state index contributed by atoms with van der Waals surface area (Å²) in [6, 6.07) is 5.60. The third-order valence-corrected chi connectivity index (χ3v) is 3.76. The van der Waals surface area contributed by atoms with E-state index in [0.29, 0.717) is 11.6 Å². The number of fused-ring (bicyclic) bond motifs is 1. The number of hydrazine groups is 1. The molecule has 1 atom stereocenters. The van der Waals surface area contributed by atoms with Crippen molar-refractivity contribution in [2.75, 3.05) is 13.6 Å². The van der Waals surface area contributed by atoms with E-state index in [1.54, 1.807) is 0 Å². The fraction of sp³-hybridized carbons (Fsp3) is 0.333. The summed E-state index contributed by atoms with van der Waals surface area (Å²) >= 11 is 0. The number of nitrogens with one attached hydrogen (secondary N) is 1. The van der Waals surface area contributed by atoms with Gasteiger partial charge in [-0.15, -0.1) is 0 Å². The molecule has 0 amide bonds. The molecule has 2 aliphatic rings. The first-order valence-corrected chi connectivity index (χ1v) is 6.54. The Labute approximate surface area is 112 Å². The topological polar surface area (TPSA) is 41.3 Å². The number of hydrogen-bond donors (Lipinski definition) is 2. The largest absolute Gasteiger partial charge is 0.326 e. The van der Waals surface area contributed by atoms with Crippen molar-refractivity contribution in [3.63, 3.8) is 0 Å². The zero-order valence-electron chi connectivity index (χ0n) is 11.0. The van der Waals surface area contributed by atoms with Gasteiger partial charge in [-0.25, -0.2) is 14.8 Å². The number of allylic oxidation sites excluding steroid dienone is 2. The summed E-state index contributed by atoms with van der Waals surface area (Å²) in [6.07, 6.45) is 5.38. The van der Waals surface area contributed by atoms with E-state index in [0.717, 1.165) is 24.1 Å². The summed E-state index contributed by atoms with van der Waals surface area (Å²) in [5, 5.41) is 2.10. The molecule has 1 aliphatic heterocycles. The van der Waals surface area contributed by atoms with Gasteiger partial charge in [0, 0.05) is 31.7 Å². The lowest BCUT2D eigenvalue weighted by Gasteiger charge is -2.17. The quantitative estimate of drug-likeness (QED) is 0.851. The predicted molar refractivity (Wildman–Crippen MR) is 74.5 cm³/mol. The number of nitrogens with two attached hydrogens (primary N) is 1. The fourth-order valence-corrected chi connectivity index (χ4v) is 2.74. The summed E-state index contributed by atoms with van der Waals surface area (Å²) in [7, 11) is 2.04. The second-order valence-electron chi connectivity index (χ2n) is 5.16. The Bertz CT molecular complexity index is 563. The third kappa shape index (κ3) is 2.34. The van der Waals surface area contributed by atoms with E-state index in [1.807, 2.05) is 19.2 Å². The van der Waals surface area contributed by atoms with E-state index in [9.17, 15) is 4.39 Å². The number of nitrogens with zero attached hydrogens (tertiary/aromatic N) is 1. The molecule has 0 radical (unpaired) electrons. The molecule has 1 aromatic carbocycles. The van der Waals surface area contributed by atoms with Crippen LogP contribution in [0.15, 0.2) is 35.9 Å². The van der Waals surface area contributed by atoms with Gasteiger partial charge in [0.15, 0.2) is 0 Å². The van der Waals surface area contributed by atoms with Crippen LogP contribution in [0.25, 0.3) is 5.57 Å². The predicted octanol–water partition coefficient (Wildman–Crippen LogP) is 1.82. The highest BCUT2D eigenvalue weighted by Crippen LogP contribution is 2.29. The van der Waals surface area contributed by atoms with Crippen LogP contribution in [0.3, 0.4) is 0 Å². The van der Waals surface area contributed by atoms with Gasteiger partial charge in [0.2, 0.25) is 0 Å². The number of benzene rings is 1. The zero-order valence-corrected chi connectivity index (χ0v) is 11.0. The monoisotopic (exact) mass is 259 g/mol. The van der Waals surface area contributed by atoms with Gasteiger partial charge in [-0.05, 0) is 35.3 Å². The van der Waals surface area contributed by atoms with Crippen molar-refractivity contribution >= 4 is 5.57 Å². The molecule has 3 rings (SSSR count). The molecule has 0 saturated carbocycles. The van der Waals surface area contributed by atoms with Crippen LogP contribution in [-0.2, 0) is 6.54 Å². The minimum Gasteiger partial charge on any atom is -0.326 e.